The van der Waals surface area contributed by atoms with Crippen molar-refractivity contribution in [3.8, 4) is 5.75 Å². The number of nitrogens with two attached hydrogens (primary N) is 1. The zero-order chi connectivity index (χ0) is 11.4. The quantitative estimate of drug-likeness (QED) is 0.192. The maximum Gasteiger partial charge on any atom is 0.379 e. The predicted octanol–water partition coefficient (Wildman–Crippen LogP) is 0.0843. The fourth-order valence-electron chi connectivity index (χ4n) is 0.881. The van der Waals surface area contributed by atoms with Gasteiger partial charge in [0, 0.05) is 42.0 Å². The summed E-state index contributed by atoms with van der Waals surface area (Å²) in [5.41, 5.74) is 5.76. The van der Waals surface area contributed by atoms with Crippen LogP contribution in [0.25, 0.3) is 0 Å². The molecule has 1 aromatic carbocycles. The summed E-state index contributed by atoms with van der Waals surface area (Å²) in [4.78, 5) is 21.5. The number of hydrogen-bond donors (Lipinski definition) is 2. The normalized spacial score (nSPS) is 8.81. The Morgan fingerprint density at radius 2 is 1.75 bits per heavy atom. The Balaban J connectivity index is 0.00000225. The Hall–Kier alpha value is -1.17. The van der Waals surface area contributed by atoms with Gasteiger partial charge in [-0.15, -0.1) is 0 Å². The van der Waals surface area contributed by atoms with Gasteiger partial charge in [-0.1, -0.05) is 0 Å². The first-order chi connectivity index (χ1) is 7.00. The van der Waals surface area contributed by atoms with Gasteiger partial charge in [-0.25, -0.2) is 4.79 Å². The van der Waals surface area contributed by atoms with Crippen molar-refractivity contribution in [3.05, 3.63) is 29.8 Å². The van der Waals surface area contributed by atoms with E-state index in [4.69, 9.17) is 15.9 Å². The maximum atomic E-state index is 10.9. The first kappa shape index (κ1) is 14.8. The van der Waals surface area contributed by atoms with Crippen LogP contribution in [0.5, 0.6) is 5.75 Å². The van der Waals surface area contributed by atoms with Crippen molar-refractivity contribution in [3.63, 3.8) is 0 Å². The number of amidine groups is 1. The van der Waals surface area contributed by atoms with E-state index in [0.29, 0.717) is 5.56 Å². The number of benzene rings is 1. The van der Waals surface area contributed by atoms with Crippen molar-refractivity contribution in [2.24, 2.45) is 5.73 Å². The molecule has 0 aliphatic carbocycles. The first-order valence-corrected chi connectivity index (χ1v) is 4.18. The van der Waals surface area contributed by atoms with Gasteiger partial charge in [-0.2, -0.15) is 0 Å². The molecular weight excluding hydrogens is 219 g/mol. The number of nitrogen functional groups attached to an aromatic ring is 1. The van der Waals surface area contributed by atoms with Crippen molar-refractivity contribution in [1.29, 1.82) is 5.41 Å². The summed E-state index contributed by atoms with van der Waals surface area (Å²) < 4.78 is 4.71. The number of ether oxygens (including phenoxy) is 1. The molecule has 0 saturated heterocycles. The molecule has 0 heterocycles. The molecule has 5 nitrogen and oxygen atoms in total. The van der Waals surface area contributed by atoms with E-state index in [1.54, 1.807) is 0 Å². The van der Waals surface area contributed by atoms with E-state index in [1.807, 2.05) is 0 Å². The van der Waals surface area contributed by atoms with Crippen LogP contribution in [0.3, 0.4) is 0 Å². The molecule has 0 amide bonds. The number of nitrogens with one attached hydrogen (secondary N) is 1. The summed E-state index contributed by atoms with van der Waals surface area (Å²) in [5, 5.41) is 7.13. The third-order valence-electron chi connectivity index (χ3n) is 1.66. The number of Topliss-reactive ketones (excluding diaryl/α,β-unsaturated/α-hetero) is 1. The monoisotopic (exact) mass is 229 g/mol. The van der Waals surface area contributed by atoms with Crippen LogP contribution in [0.1, 0.15) is 12.5 Å². The molecule has 0 atom stereocenters. The SMILES string of the molecule is CC(=O)C(=O)Oc1ccc(C(=N)N)cc1.[Na]. The fraction of sp³-hybridized carbons (Fsp3) is 0.100. The minimum absolute atomic E-state index is 0. The molecule has 16 heavy (non-hydrogen) atoms. The molecule has 0 aliphatic rings. The second kappa shape index (κ2) is 6.42. The number of rotatable bonds is 3. The van der Waals surface area contributed by atoms with Crippen LogP contribution in [0.2, 0.25) is 0 Å². The topological polar surface area (TPSA) is 93.2 Å². The average Bonchev–Trinajstić information content (AvgIpc) is 2.18. The summed E-state index contributed by atoms with van der Waals surface area (Å²) in [5.74, 6) is -1.39. The minimum Gasteiger partial charge on any atom is -0.421 e. The zero-order valence-electron chi connectivity index (χ0n) is 9.11. The Labute approximate surface area is 115 Å². The molecule has 0 saturated carbocycles. The number of ketones is 1. The van der Waals surface area contributed by atoms with Crippen LogP contribution in [-0.2, 0) is 9.59 Å². The molecule has 0 unspecified atom stereocenters. The van der Waals surface area contributed by atoms with E-state index in [-0.39, 0.29) is 41.1 Å². The molecule has 79 valence electrons. The molecule has 0 spiro atoms. The van der Waals surface area contributed by atoms with E-state index in [0.717, 1.165) is 6.92 Å². The van der Waals surface area contributed by atoms with Crippen molar-refractivity contribution >= 4 is 47.1 Å². The summed E-state index contributed by atoms with van der Waals surface area (Å²) in [6.45, 7) is 1.13. The van der Waals surface area contributed by atoms with Gasteiger partial charge in [-0.3, -0.25) is 10.2 Å². The Kier molecular flexibility index (Phi) is 5.95. The molecule has 6 heteroatoms. The average molecular weight is 229 g/mol. The summed E-state index contributed by atoms with van der Waals surface area (Å²) >= 11 is 0. The van der Waals surface area contributed by atoms with Crippen LogP contribution in [0.15, 0.2) is 24.3 Å². The standard InChI is InChI=1S/C10H10N2O3.Na/c1-6(13)10(14)15-8-4-2-7(3-5-8)9(11)12;/h2-5H,1H3,(H3,11,12);. The molecule has 0 aromatic heterocycles. The van der Waals surface area contributed by atoms with Gasteiger partial charge < -0.3 is 10.5 Å². The van der Waals surface area contributed by atoms with E-state index >= 15 is 0 Å². The summed E-state index contributed by atoms with van der Waals surface area (Å²) in [7, 11) is 0. The Morgan fingerprint density at radius 1 is 1.25 bits per heavy atom. The van der Waals surface area contributed by atoms with E-state index in [1.165, 1.54) is 24.3 Å². The van der Waals surface area contributed by atoms with Gasteiger partial charge in [-0.05, 0) is 24.3 Å². The van der Waals surface area contributed by atoms with E-state index < -0.39 is 11.8 Å². The van der Waals surface area contributed by atoms with Crippen molar-refractivity contribution in [2.75, 3.05) is 0 Å². The van der Waals surface area contributed by atoms with Crippen molar-refractivity contribution < 1.29 is 14.3 Å². The molecule has 1 rings (SSSR count). The Morgan fingerprint density at radius 3 is 2.12 bits per heavy atom. The zero-order valence-corrected chi connectivity index (χ0v) is 11.1. The van der Waals surface area contributed by atoms with Crippen LogP contribution < -0.4 is 10.5 Å². The second-order valence-electron chi connectivity index (χ2n) is 2.88. The van der Waals surface area contributed by atoms with Gasteiger partial charge in [0.2, 0.25) is 5.78 Å². The molecule has 0 fully saturated rings. The van der Waals surface area contributed by atoms with Gasteiger partial charge in [0.1, 0.15) is 11.6 Å². The first-order valence-electron chi connectivity index (χ1n) is 4.18. The van der Waals surface area contributed by atoms with E-state index in [9.17, 15) is 9.59 Å². The summed E-state index contributed by atoms with van der Waals surface area (Å²) in [6.07, 6.45) is 0. The van der Waals surface area contributed by atoms with Gasteiger partial charge in [0.05, 0.1) is 0 Å². The van der Waals surface area contributed by atoms with Crippen molar-refractivity contribution in [1.82, 2.24) is 0 Å². The van der Waals surface area contributed by atoms with Crippen LogP contribution >= 0.6 is 0 Å². The molecular formula is C10H10N2NaO3. The van der Waals surface area contributed by atoms with Gasteiger partial charge >= 0.3 is 5.97 Å². The largest absolute Gasteiger partial charge is 0.421 e. The molecule has 3 N–H and O–H groups in total. The molecule has 0 aliphatic heterocycles. The minimum atomic E-state index is -0.912. The number of carbonyl (C=O) groups is 2. The third kappa shape index (κ3) is 4.14. The number of hydrogen-bond acceptors (Lipinski definition) is 4. The molecule has 1 aromatic rings. The maximum absolute atomic E-state index is 10.9. The fourth-order valence-corrected chi connectivity index (χ4v) is 0.881. The molecule has 1 radical (unpaired) electrons. The van der Waals surface area contributed by atoms with E-state index in [2.05, 4.69) is 0 Å². The van der Waals surface area contributed by atoms with Crippen LogP contribution in [0.4, 0.5) is 0 Å². The van der Waals surface area contributed by atoms with Crippen LogP contribution in [-0.4, -0.2) is 47.1 Å². The smallest absolute Gasteiger partial charge is 0.379 e. The number of esters is 1. The van der Waals surface area contributed by atoms with Crippen molar-refractivity contribution in [2.45, 2.75) is 6.92 Å². The third-order valence-corrected chi connectivity index (χ3v) is 1.66. The van der Waals surface area contributed by atoms with Gasteiger partial charge in [0.15, 0.2) is 0 Å². The predicted molar refractivity (Wildman–Crippen MR) is 59.5 cm³/mol. The number of carbonyl (C=O) groups excluding carboxylic acids is 2. The van der Waals surface area contributed by atoms with Gasteiger partial charge in [0.25, 0.3) is 0 Å². The van der Waals surface area contributed by atoms with Crippen LogP contribution in [0, 0.1) is 5.41 Å². The summed E-state index contributed by atoms with van der Waals surface area (Å²) in [6, 6.07) is 6.01. The molecule has 0 bridgehead atoms. The Bertz CT molecular complexity index is 415. The second-order valence-corrected chi connectivity index (χ2v) is 2.88.